The first-order chi connectivity index (χ1) is 32.3. The number of rotatable bonds is 18. The smallest absolute Gasteiger partial charge is 0.388 e. The number of ether oxygens (including phenoxy) is 9. The molecule has 5 rings (SSSR count). The standard InChI is InChI=1S/C30H52O36S5/c1-6-11(31)14(34)22(63-68(41,42)43)27(54-6)60-19-12(32)7(2)56-30(24(19)65-70(47,48)49)59-18-10(5)57-28(23(16(18)36)64-69(44,45)46)61-20-13(33)8(3)55-29(25(20)66-71(50,51)52)58-17-9(4)53-26(37)21(15(17)35)62-67(38,39)40/h6-37H,1-5H3,(H,38,39,40)(H,41,42,43)(H,44,45,46)(H,47,48,49)(H,50,51,52)/t6?,7?,8?,9?,10?,11-,12-,13-,14+,15+,16+,17-,18-,19+,20+,21?,22?,23?,24?,25?,26-,27+,28+,29+,30+/m1/s1. The summed E-state index contributed by atoms with van der Waals surface area (Å²) < 4.78 is 240. The van der Waals surface area contributed by atoms with Gasteiger partial charge in [-0.1, -0.05) is 0 Å². The van der Waals surface area contributed by atoms with E-state index >= 15 is 0 Å². The van der Waals surface area contributed by atoms with Gasteiger partial charge in [0.15, 0.2) is 62.0 Å². The number of aliphatic hydroxyl groups excluding tert-OH is 7. The molecule has 5 saturated heterocycles. The van der Waals surface area contributed by atoms with Crippen LogP contribution in [0.3, 0.4) is 0 Å². The van der Waals surface area contributed by atoms with Crippen LogP contribution in [-0.4, -0.2) is 254 Å². The minimum atomic E-state index is -5.78. The molecule has 10 unspecified atom stereocenters. The molecule has 41 heteroatoms. The highest BCUT2D eigenvalue weighted by molar-refractivity contribution is 7.81. The quantitative estimate of drug-likeness (QED) is 0.0567. The number of aliphatic hydroxyl groups is 7. The molecule has 0 amide bonds. The normalized spacial score (nSPS) is 45.6. The van der Waals surface area contributed by atoms with Crippen LogP contribution in [0.5, 0.6) is 0 Å². The summed E-state index contributed by atoms with van der Waals surface area (Å²) in [5, 5.41) is 76.1. The molecule has 418 valence electrons. The van der Waals surface area contributed by atoms with E-state index < -0.39 is 206 Å². The summed E-state index contributed by atoms with van der Waals surface area (Å²) in [6.07, 6.45) is -54.4. The molecule has 0 aromatic rings. The van der Waals surface area contributed by atoms with Gasteiger partial charge in [0.25, 0.3) is 0 Å². The second kappa shape index (κ2) is 22.7. The fourth-order valence-electron chi connectivity index (χ4n) is 7.94. The van der Waals surface area contributed by atoms with Crippen LogP contribution >= 0.6 is 0 Å². The summed E-state index contributed by atoms with van der Waals surface area (Å²) in [5.74, 6) is 0. The summed E-state index contributed by atoms with van der Waals surface area (Å²) in [5.41, 5.74) is 0. The van der Waals surface area contributed by atoms with E-state index in [2.05, 4.69) is 20.9 Å². The fourth-order valence-corrected chi connectivity index (χ4v) is 10.4. The van der Waals surface area contributed by atoms with Gasteiger partial charge >= 0.3 is 52.0 Å². The van der Waals surface area contributed by atoms with Crippen LogP contribution in [0.15, 0.2) is 0 Å². The zero-order valence-electron chi connectivity index (χ0n) is 36.6. The average Bonchev–Trinajstić information content (AvgIpc) is 3.19. The molecule has 0 aromatic carbocycles. The Hall–Kier alpha value is -1.29. The van der Waals surface area contributed by atoms with Crippen molar-refractivity contribution < 1.29 is 164 Å². The third-order valence-electron chi connectivity index (χ3n) is 11.2. The monoisotopic (exact) mass is 1150 g/mol. The first kappa shape index (κ1) is 60.6. The van der Waals surface area contributed by atoms with E-state index in [1.165, 1.54) is 0 Å². The highest BCUT2D eigenvalue weighted by Crippen LogP contribution is 2.39. The Morgan fingerprint density at radius 3 is 0.901 bits per heavy atom. The van der Waals surface area contributed by atoms with Gasteiger partial charge in [0.05, 0.1) is 30.5 Å². The van der Waals surface area contributed by atoms with Crippen LogP contribution in [0.4, 0.5) is 0 Å². The van der Waals surface area contributed by atoms with Crippen LogP contribution < -0.4 is 0 Å². The predicted molar refractivity (Wildman–Crippen MR) is 212 cm³/mol. The largest absolute Gasteiger partial charge is 0.397 e. The molecular weight excluding hydrogens is 1100 g/mol. The molecule has 5 heterocycles. The SMILES string of the molecule is CC1O[C@@H](O[C@@H]2C(OS(=O)(=O)O)[C@H](O[C@@H]3C(C)O[C@@H](O[C@@H]4C(OS(=O)(=O)O)[C@H](O[C@@H]5C(C)O[C@@H](O)C(OS(=O)(=O)O)[C@H]5O)OC(C)[C@H]4O)C(OS(=O)(=O)O)[C@H]3O)OC(C)[C@H]2O)C(OS(=O)(=O)O)[C@@H](O)[C@@H]1O. The first-order valence-electron chi connectivity index (χ1n) is 20.2. The van der Waals surface area contributed by atoms with E-state index in [0.717, 1.165) is 34.6 Å². The molecule has 0 aromatic heterocycles. The van der Waals surface area contributed by atoms with Crippen molar-refractivity contribution in [2.45, 2.75) is 188 Å². The van der Waals surface area contributed by atoms with Gasteiger partial charge in [-0.25, -0.2) is 20.9 Å². The van der Waals surface area contributed by atoms with Crippen LogP contribution in [0, 0.1) is 0 Å². The van der Waals surface area contributed by atoms with Crippen molar-refractivity contribution in [2.75, 3.05) is 0 Å². The zero-order valence-corrected chi connectivity index (χ0v) is 40.7. The Bertz CT molecular complexity index is 2370. The molecule has 0 saturated carbocycles. The van der Waals surface area contributed by atoms with E-state index in [-0.39, 0.29) is 0 Å². The van der Waals surface area contributed by atoms with E-state index in [0.29, 0.717) is 0 Å². The van der Waals surface area contributed by atoms with Crippen molar-refractivity contribution in [1.29, 1.82) is 0 Å². The Balaban J connectivity index is 1.47. The van der Waals surface area contributed by atoms with Crippen LogP contribution in [0.2, 0.25) is 0 Å². The minimum Gasteiger partial charge on any atom is -0.388 e. The van der Waals surface area contributed by atoms with Crippen molar-refractivity contribution in [3.8, 4) is 0 Å². The Morgan fingerprint density at radius 2 is 0.535 bits per heavy atom. The molecule has 5 aliphatic heterocycles. The lowest BCUT2D eigenvalue weighted by Crippen LogP contribution is -2.67. The van der Waals surface area contributed by atoms with Crippen LogP contribution in [-0.2, 0) is 116 Å². The summed E-state index contributed by atoms with van der Waals surface area (Å²) in [6, 6.07) is 0. The molecule has 25 atom stereocenters. The third-order valence-corrected chi connectivity index (χ3v) is 13.5. The van der Waals surface area contributed by atoms with Gasteiger partial charge < -0.3 is 78.4 Å². The molecular formula is C30H52O36S5. The molecule has 0 aliphatic carbocycles. The van der Waals surface area contributed by atoms with Gasteiger partial charge in [-0.15, -0.1) is 0 Å². The summed E-state index contributed by atoms with van der Waals surface area (Å²) >= 11 is 0. The van der Waals surface area contributed by atoms with E-state index in [1.807, 2.05) is 0 Å². The van der Waals surface area contributed by atoms with Crippen molar-refractivity contribution in [3.05, 3.63) is 0 Å². The van der Waals surface area contributed by atoms with Crippen molar-refractivity contribution >= 4 is 52.0 Å². The summed E-state index contributed by atoms with van der Waals surface area (Å²) in [6.45, 7) is 5.38. The topological polar surface area (TPSA) is 543 Å². The Labute approximate surface area is 403 Å². The lowest BCUT2D eigenvalue weighted by Gasteiger charge is -2.50. The van der Waals surface area contributed by atoms with Crippen LogP contribution in [0.1, 0.15) is 34.6 Å². The zero-order chi connectivity index (χ0) is 53.8. The molecule has 0 spiro atoms. The predicted octanol–water partition coefficient (Wildman–Crippen LogP) is -7.65. The maximum absolute atomic E-state index is 12.2. The van der Waals surface area contributed by atoms with Crippen molar-refractivity contribution in [1.82, 2.24) is 0 Å². The van der Waals surface area contributed by atoms with Gasteiger partial charge in [-0.2, -0.15) is 42.1 Å². The summed E-state index contributed by atoms with van der Waals surface area (Å²) in [7, 11) is -28.1. The molecule has 71 heavy (non-hydrogen) atoms. The fraction of sp³-hybridized carbons (Fsp3) is 1.00. The van der Waals surface area contributed by atoms with E-state index in [4.69, 9.17) is 42.6 Å². The second-order valence-electron chi connectivity index (χ2n) is 16.4. The van der Waals surface area contributed by atoms with Crippen molar-refractivity contribution in [3.63, 3.8) is 0 Å². The summed E-state index contributed by atoms with van der Waals surface area (Å²) in [4.78, 5) is 0. The van der Waals surface area contributed by atoms with Gasteiger partial charge in [0, 0.05) is 0 Å². The van der Waals surface area contributed by atoms with Crippen LogP contribution in [0.25, 0.3) is 0 Å². The molecule has 0 radical (unpaired) electrons. The molecule has 0 bridgehead atoms. The highest BCUT2D eigenvalue weighted by atomic mass is 32.3. The van der Waals surface area contributed by atoms with Gasteiger partial charge in [0.1, 0.15) is 61.0 Å². The maximum atomic E-state index is 12.2. The average molecular weight is 1150 g/mol. The third kappa shape index (κ3) is 15.7. The number of hydrogen-bond donors (Lipinski definition) is 12. The highest BCUT2D eigenvalue weighted by Gasteiger charge is 2.59. The Morgan fingerprint density at radius 1 is 0.282 bits per heavy atom. The van der Waals surface area contributed by atoms with Gasteiger partial charge in [-0.3, -0.25) is 22.8 Å². The van der Waals surface area contributed by atoms with Gasteiger partial charge in [0.2, 0.25) is 0 Å². The van der Waals surface area contributed by atoms with E-state index in [9.17, 15) is 101 Å². The molecule has 5 aliphatic rings. The maximum Gasteiger partial charge on any atom is 0.397 e. The molecule has 12 N–H and O–H groups in total. The lowest BCUT2D eigenvalue weighted by molar-refractivity contribution is -0.383. The second-order valence-corrected chi connectivity index (χ2v) is 21.6. The lowest BCUT2D eigenvalue weighted by atomic mass is 9.96. The molecule has 5 fully saturated rings. The minimum absolute atomic E-state index is 1.01. The Kier molecular flexibility index (Phi) is 19.4. The molecule has 36 nitrogen and oxygen atoms in total. The van der Waals surface area contributed by atoms with E-state index in [1.54, 1.807) is 0 Å². The number of hydrogen-bond acceptors (Lipinski definition) is 31. The van der Waals surface area contributed by atoms with Gasteiger partial charge in [-0.05, 0) is 34.6 Å². The van der Waals surface area contributed by atoms with Crippen molar-refractivity contribution in [2.24, 2.45) is 0 Å². The first-order valence-corrected chi connectivity index (χ1v) is 27.0.